The van der Waals surface area contributed by atoms with E-state index in [2.05, 4.69) is 20.8 Å². The summed E-state index contributed by atoms with van der Waals surface area (Å²) in [6.07, 6.45) is 1.81. The van der Waals surface area contributed by atoms with Gasteiger partial charge in [0, 0.05) is 24.4 Å². The number of fused-ring (bicyclic) bond motifs is 3. The summed E-state index contributed by atoms with van der Waals surface area (Å²) in [6, 6.07) is 14.0. The monoisotopic (exact) mass is 460 g/mol. The molecule has 2 aromatic carbocycles. The molecule has 2 heterocycles. The first kappa shape index (κ1) is 22.3. The Morgan fingerprint density at radius 3 is 2.35 bits per heavy atom. The molecule has 0 spiro atoms. The van der Waals surface area contributed by atoms with E-state index in [4.69, 9.17) is 4.74 Å². The molecular weight excluding hydrogens is 432 g/mol. The van der Waals surface area contributed by atoms with Crippen molar-refractivity contribution in [2.24, 2.45) is 0 Å². The summed E-state index contributed by atoms with van der Waals surface area (Å²) in [5.41, 5.74) is 0.791. The van der Waals surface area contributed by atoms with Crippen molar-refractivity contribution < 1.29 is 23.9 Å². The van der Waals surface area contributed by atoms with E-state index < -0.39 is 18.2 Å². The number of hydrogen-bond donors (Lipinski definition) is 0. The molecule has 1 unspecified atom stereocenters. The minimum atomic E-state index is -1.54. The molecule has 0 aromatic heterocycles. The fraction of sp³-hybridized carbons (Fsp3) is 0.407. The number of ketones is 1. The van der Waals surface area contributed by atoms with Crippen LogP contribution in [0.3, 0.4) is 0 Å². The lowest BCUT2D eigenvalue weighted by molar-refractivity contribution is -0.156. The molecule has 7 heteroatoms. The molecule has 2 fully saturated rings. The zero-order valence-electron chi connectivity index (χ0n) is 19.7. The van der Waals surface area contributed by atoms with Crippen LogP contribution in [0.4, 0.5) is 5.69 Å². The first-order valence-corrected chi connectivity index (χ1v) is 11.7. The van der Waals surface area contributed by atoms with Gasteiger partial charge in [-0.2, -0.15) is 0 Å². The van der Waals surface area contributed by atoms with Crippen LogP contribution in [0, 0.1) is 0 Å². The first-order valence-electron chi connectivity index (χ1n) is 11.7. The molecule has 2 amide bonds. The molecular formula is C27H28N2O5. The second-order valence-electron chi connectivity index (χ2n) is 10.3. The van der Waals surface area contributed by atoms with Gasteiger partial charge in [-0.3, -0.25) is 19.3 Å². The third-order valence-corrected chi connectivity index (χ3v) is 6.95. The number of para-hydroxylation sites is 1. The van der Waals surface area contributed by atoms with Crippen molar-refractivity contribution in [1.82, 2.24) is 4.90 Å². The number of Topliss-reactive ketones (excluding diaryl/α,β-unsaturated/α-hetero) is 1. The Labute approximate surface area is 198 Å². The van der Waals surface area contributed by atoms with E-state index in [0.29, 0.717) is 16.8 Å². The number of benzene rings is 2. The molecule has 0 N–H and O–H groups in total. The van der Waals surface area contributed by atoms with Gasteiger partial charge in [0.15, 0.2) is 12.4 Å². The smallest absolute Gasteiger partial charge is 0.354 e. The number of amides is 2. The molecule has 7 nitrogen and oxygen atoms in total. The van der Waals surface area contributed by atoms with Crippen LogP contribution < -0.4 is 4.90 Å². The second-order valence-corrected chi connectivity index (χ2v) is 10.3. The number of carbonyl (C=O) groups excluding carboxylic acids is 4. The molecule has 1 aliphatic carbocycles. The van der Waals surface area contributed by atoms with Crippen molar-refractivity contribution in [3.05, 3.63) is 65.2 Å². The van der Waals surface area contributed by atoms with E-state index in [-0.39, 0.29) is 41.9 Å². The summed E-state index contributed by atoms with van der Waals surface area (Å²) < 4.78 is 5.54. The third kappa shape index (κ3) is 3.42. The number of esters is 1. The van der Waals surface area contributed by atoms with Gasteiger partial charge in [0.05, 0.1) is 11.3 Å². The van der Waals surface area contributed by atoms with Crippen molar-refractivity contribution in [2.75, 3.05) is 11.5 Å². The van der Waals surface area contributed by atoms with Gasteiger partial charge in [0.1, 0.15) is 0 Å². The maximum Gasteiger partial charge on any atom is 0.354 e. The van der Waals surface area contributed by atoms with Crippen LogP contribution in [-0.2, 0) is 19.7 Å². The predicted molar refractivity (Wildman–Crippen MR) is 126 cm³/mol. The molecule has 1 saturated carbocycles. The highest BCUT2D eigenvalue weighted by Crippen LogP contribution is 2.49. The van der Waals surface area contributed by atoms with Gasteiger partial charge in [-0.1, -0.05) is 57.2 Å². The first-order chi connectivity index (χ1) is 16.1. The molecule has 2 aliphatic heterocycles. The lowest BCUT2D eigenvalue weighted by Gasteiger charge is -2.48. The lowest BCUT2D eigenvalue weighted by Crippen LogP contribution is -2.69. The van der Waals surface area contributed by atoms with Crippen LogP contribution in [0.5, 0.6) is 0 Å². The minimum absolute atomic E-state index is 0.0399. The van der Waals surface area contributed by atoms with Crippen LogP contribution in [0.2, 0.25) is 0 Å². The van der Waals surface area contributed by atoms with Gasteiger partial charge in [0.2, 0.25) is 11.6 Å². The van der Waals surface area contributed by atoms with Gasteiger partial charge in [-0.15, -0.1) is 0 Å². The molecule has 3 aliphatic rings. The lowest BCUT2D eigenvalue weighted by atomic mass is 9.86. The molecule has 2 aromatic rings. The van der Waals surface area contributed by atoms with Crippen molar-refractivity contribution >= 4 is 29.3 Å². The molecule has 34 heavy (non-hydrogen) atoms. The maximum absolute atomic E-state index is 13.6. The zero-order valence-corrected chi connectivity index (χ0v) is 19.7. The van der Waals surface area contributed by atoms with Crippen LogP contribution >= 0.6 is 0 Å². The number of anilines is 1. The van der Waals surface area contributed by atoms with Crippen molar-refractivity contribution in [1.29, 1.82) is 0 Å². The Hall–Kier alpha value is -3.48. The summed E-state index contributed by atoms with van der Waals surface area (Å²) in [7, 11) is 0. The quantitative estimate of drug-likeness (QED) is 0.500. The summed E-state index contributed by atoms with van der Waals surface area (Å²) in [6.45, 7) is 5.82. The second kappa shape index (κ2) is 7.79. The topological polar surface area (TPSA) is 84.0 Å². The molecule has 0 bridgehead atoms. The Bertz CT molecular complexity index is 1190. The molecule has 176 valence electrons. The molecule has 0 radical (unpaired) electrons. The largest absolute Gasteiger partial charge is 0.454 e. The fourth-order valence-electron chi connectivity index (χ4n) is 5.00. The number of ether oxygens (including phenoxy) is 1. The summed E-state index contributed by atoms with van der Waals surface area (Å²) in [5.74, 6) is -1.56. The number of hydrogen-bond acceptors (Lipinski definition) is 5. The number of nitrogens with zero attached hydrogens (tertiary/aromatic N) is 2. The van der Waals surface area contributed by atoms with Crippen LogP contribution in [0.25, 0.3) is 0 Å². The van der Waals surface area contributed by atoms with Gasteiger partial charge in [-0.05, 0) is 36.0 Å². The third-order valence-electron chi connectivity index (χ3n) is 6.95. The summed E-state index contributed by atoms with van der Waals surface area (Å²) in [4.78, 5) is 55.8. The van der Waals surface area contributed by atoms with E-state index in [9.17, 15) is 19.2 Å². The normalized spacial score (nSPS) is 21.9. The summed E-state index contributed by atoms with van der Waals surface area (Å²) in [5, 5.41) is 0. The van der Waals surface area contributed by atoms with Gasteiger partial charge in [0.25, 0.3) is 5.91 Å². The SMILES string of the molecule is CC(C)(C)c1ccc(C(=O)COC(=O)C23CCC(=O)N2c2ccccc2C(=O)N3C2CC2)cc1. The van der Waals surface area contributed by atoms with E-state index in [1.54, 1.807) is 36.4 Å². The van der Waals surface area contributed by atoms with Crippen molar-refractivity contribution in [3.8, 4) is 0 Å². The average molecular weight is 461 g/mol. The van der Waals surface area contributed by atoms with Gasteiger partial charge in [-0.25, -0.2) is 4.79 Å². The highest BCUT2D eigenvalue weighted by Gasteiger charge is 2.64. The highest BCUT2D eigenvalue weighted by molar-refractivity contribution is 6.16. The predicted octanol–water partition coefficient (Wildman–Crippen LogP) is 3.85. The van der Waals surface area contributed by atoms with Crippen LogP contribution in [-0.4, -0.2) is 46.8 Å². The van der Waals surface area contributed by atoms with Crippen LogP contribution in [0.15, 0.2) is 48.5 Å². The van der Waals surface area contributed by atoms with Crippen molar-refractivity contribution in [3.63, 3.8) is 0 Å². The van der Waals surface area contributed by atoms with E-state index >= 15 is 0 Å². The Balaban J connectivity index is 1.42. The highest BCUT2D eigenvalue weighted by atomic mass is 16.5. The number of rotatable bonds is 5. The fourth-order valence-corrected chi connectivity index (χ4v) is 5.00. The molecule has 5 rings (SSSR count). The van der Waals surface area contributed by atoms with Gasteiger partial charge >= 0.3 is 5.97 Å². The maximum atomic E-state index is 13.6. The average Bonchev–Trinajstić information content (AvgIpc) is 3.59. The van der Waals surface area contributed by atoms with E-state index in [1.165, 1.54) is 9.80 Å². The minimum Gasteiger partial charge on any atom is -0.454 e. The van der Waals surface area contributed by atoms with Crippen molar-refractivity contribution in [2.45, 2.75) is 63.6 Å². The molecule has 1 saturated heterocycles. The Morgan fingerprint density at radius 1 is 1.03 bits per heavy atom. The zero-order chi connectivity index (χ0) is 24.3. The van der Waals surface area contributed by atoms with Gasteiger partial charge < -0.3 is 9.64 Å². The standard InChI is InChI=1S/C27H28N2O5/c1-26(2,3)18-10-8-17(9-11-18)22(30)16-34-25(33)27-15-14-23(31)29(27)21-7-5-4-6-20(21)24(32)28(27)19-12-13-19/h4-11,19H,12-16H2,1-3H3. The molecule has 1 atom stereocenters. The van der Waals surface area contributed by atoms with E-state index in [1.807, 2.05) is 12.1 Å². The Kier molecular flexibility index (Phi) is 5.11. The number of carbonyl (C=O) groups is 4. The Morgan fingerprint density at radius 2 is 1.71 bits per heavy atom. The van der Waals surface area contributed by atoms with E-state index in [0.717, 1.165) is 18.4 Å². The van der Waals surface area contributed by atoms with Crippen LogP contribution in [0.1, 0.15) is 72.7 Å². The summed E-state index contributed by atoms with van der Waals surface area (Å²) >= 11 is 0.